The Morgan fingerprint density at radius 3 is 2.60 bits per heavy atom. The van der Waals surface area contributed by atoms with Crippen LogP contribution in [-0.4, -0.2) is 53.1 Å². The van der Waals surface area contributed by atoms with Crippen molar-refractivity contribution in [3.05, 3.63) is 47.2 Å². The zero-order valence-corrected chi connectivity index (χ0v) is 15.2. The van der Waals surface area contributed by atoms with E-state index in [1.807, 2.05) is 13.8 Å². The monoisotopic (exact) mass is 342 g/mol. The van der Waals surface area contributed by atoms with E-state index in [0.29, 0.717) is 5.88 Å². The SMILES string of the molecule is Cc1cc(NC(=O)[C@H](C)N2CCN(Cc3ccccc3C)CC2)on1. The van der Waals surface area contributed by atoms with Gasteiger partial charge in [0, 0.05) is 38.8 Å². The molecule has 1 saturated heterocycles. The van der Waals surface area contributed by atoms with Crippen molar-refractivity contribution in [1.82, 2.24) is 15.0 Å². The van der Waals surface area contributed by atoms with Crippen molar-refractivity contribution >= 4 is 11.8 Å². The number of carbonyl (C=O) groups excluding carboxylic acids is 1. The number of aryl methyl sites for hydroxylation is 2. The van der Waals surface area contributed by atoms with Gasteiger partial charge in [0.05, 0.1) is 11.7 Å². The summed E-state index contributed by atoms with van der Waals surface area (Å²) < 4.78 is 5.06. The molecular weight excluding hydrogens is 316 g/mol. The summed E-state index contributed by atoms with van der Waals surface area (Å²) in [5.41, 5.74) is 3.47. The lowest BCUT2D eigenvalue weighted by Gasteiger charge is -2.37. The van der Waals surface area contributed by atoms with Gasteiger partial charge in [-0.3, -0.25) is 19.9 Å². The molecule has 6 nitrogen and oxygen atoms in total. The number of rotatable bonds is 5. The van der Waals surface area contributed by atoms with E-state index in [9.17, 15) is 4.79 Å². The van der Waals surface area contributed by atoms with Crippen molar-refractivity contribution in [1.29, 1.82) is 0 Å². The van der Waals surface area contributed by atoms with Crippen LogP contribution in [0.15, 0.2) is 34.9 Å². The summed E-state index contributed by atoms with van der Waals surface area (Å²) in [7, 11) is 0. The summed E-state index contributed by atoms with van der Waals surface area (Å²) in [6, 6.07) is 10.1. The number of amides is 1. The number of hydrogen-bond donors (Lipinski definition) is 1. The summed E-state index contributed by atoms with van der Waals surface area (Å²) in [6.07, 6.45) is 0. The minimum atomic E-state index is -0.189. The smallest absolute Gasteiger partial charge is 0.243 e. The quantitative estimate of drug-likeness (QED) is 0.904. The average Bonchev–Trinajstić information content (AvgIpc) is 3.02. The van der Waals surface area contributed by atoms with Gasteiger partial charge in [-0.1, -0.05) is 29.4 Å². The lowest BCUT2D eigenvalue weighted by molar-refractivity contribution is -0.121. The Hall–Kier alpha value is -2.18. The maximum Gasteiger partial charge on any atom is 0.243 e. The highest BCUT2D eigenvalue weighted by Gasteiger charge is 2.26. The molecule has 1 N–H and O–H groups in total. The van der Waals surface area contributed by atoms with Crippen molar-refractivity contribution in [2.45, 2.75) is 33.4 Å². The maximum atomic E-state index is 12.4. The Morgan fingerprint density at radius 1 is 1.24 bits per heavy atom. The predicted molar refractivity (Wildman–Crippen MR) is 97.4 cm³/mol. The van der Waals surface area contributed by atoms with Gasteiger partial charge in [-0.15, -0.1) is 0 Å². The van der Waals surface area contributed by atoms with Crippen LogP contribution in [0.2, 0.25) is 0 Å². The summed E-state index contributed by atoms with van der Waals surface area (Å²) in [6.45, 7) is 10.6. The Labute approximate surface area is 148 Å². The topological polar surface area (TPSA) is 61.6 Å². The fraction of sp³-hybridized carbons (Fsp3) is 0.474. The molecule has 25 heavy (non-hydrogen) atoms. The van der Waals surface area contributed by atoms with Crippen molar-refractivity contribution in [2.24, 2.45) is 0 Å². The molecule has 2 aromatic rings. The second-order valence-electron chi connectivity index (χ2n) is 6.74. The normalized spacial score (nSPS) is 17.4. The van der Waals surface area contributed by atoms with E-state index in [-0.39, 0.29) is 11.9 Å². The lowest BCUT2D eigenvalue weighted by Crippen LogP contribution is -2.52. The highest BCUT2D eigenvalue weighted by Crippen LogP contribution is 2.15. The first-order valence-corrected chi connectivity index (χ1v) is 8.78. The minimum absolute atomic E-state index is 0.0523. The van der Waals surface area contributed by atoms with Gasteiger partial charge in [0.1, 0.15) is 0 Å². The largest absolute Gasteiger partial charge is 0.338 e. The van der Waals surface area contributed by atoms with E-state index in [0.717, 1.165) is 38.4 Å². The van der Waals surface area contributed by atoms with Gasteiger partial charge >= 0.3 is 0 Å². The Balaban J connectivity index is 1.49. The summed E-state index contributed by atoms with van der Waals surface area (Å²) >= 11 is 0. The van der Waals surface area contributed by atoms with Gasteiger partial charge in [0.15, 0.2) is 0 Å². The molecule has 0 aliphatic carbocycles. The molecule has 1 amide bonds. The molecule has 0 radical (unpaired) electrons. The number of aromatic nitrogens is 1. The van der Waals surface area contributed by atoms with E-state index >= 15 is 0 Å². The Bertz CT molecular complexity index is 720. The molecule has 2 heterocycles. The number of benzene rings is 1. The molecule has 1 aliphatic heterocycles. The van der Waals surface area contributed by atoms with Crippen LogP contribution in [0.4, 0.5) is 5.88 Å². The summed E-state index contributed by atoms with van der Waals surface area (Å²) in [4.78, 5) is 17.0. The molecule has 1 fully saturated rings. The van der Waals surface area contributed by atoms with Gasteiger partial charge in [0.25, 0.3) is 0 Å². The molecule has 0 bridgehead atoms. The molecule has 0 saturated carbocycles. The molecule has 1 aliphatic rings. The zero-order valence-electron chi connectivity index (χ0n) is 15.2. The van der Waals surface area contributed by atoms with E-state index in [1.165, 1.54) is 11.1 Å². The number of hydrogen-bond acceptors (Lipinski definition) is 5. The standard InChI is InChI=1S/C19H26N4O2/c1-14-6-4-5-7-17(14)13-22-8-10-23(11-9-22)16(3)19(24)20-18-12-15(2)21-25-18/h4-7,12,16H,8-11,13H2,1-3H3,(H,20,24)/t16-/m0/s1. The second-order valence-corrected chi connectivity index (χ2v) is 6.74. The van der Waals surface area contributed by atoms with Gasteiger partial charge < -0.3 is 4.52 Å². The molecule has 1 aromatic heterocycles. The number of anilines is 1. The van der Waals surface area contributed by atoms with E-state index < -0.39 is 0 Å². The minimum Gasteiger partial charge on any atom is -0.338 e. The van der Waals surface area contributed by atoms with Crippen molar-refractivity contribution in [3.63, 3.8) is 0 Å². The highest BCUT2D eigenvalue weighted by atomic mass is 16.5. The van der Waals surface area contributed by atoms with Crippen molar-refractivity contribution in [2.75, 3.05) is 31.5 Å². The number of nitrogens with one attached hydrogen (secondary N) is 1. The first-order chi connectivity index (χ1) is 12.0. The molecule has 0 spiro atoms. The van der Waals surface area contributed by atoms with E-state index in [2.05, 4.69) is 51.5 Å². The van der Waals surface area contributed by atoms with Crippen LogP contribution in [0.1, 0.15) is 23.7 Å². The fourth-order valence-electron chi connectivity index (χ4n) is 3.15. The highest BCUT2D eigenvalue weighted by molar-refractivity contribution is 5.93. The van der Waals surface area contributed by atoms with E-state index in [4.69, 9.17) is 4.52 Å². The summed E-state index contributed by atoms with van der Waals surface area (Å²) in [5, 5.41) is 6.58. The van der Waals surface area contributed by atoms with Crippen LogP contribution in [0.25, 0.3) is 0 Å². The molecule has 134 valence electrons. The van der Waals surface area contributed by atoms with E-state index in [1.54, 1.807) is 6.07 Å². The number of carbonyl (C=O) groups is 1. The van der Waals surface area contributed by atoms with Gasteiger partial charge in [-0.05, 0) is 31.9 Å². The number of nitrogens with zero attached hydrogens (tertiary/aromatic N) is 3. The molecular formula is C19H26N4O2. The fourth-order valence-corrected chi connectivity index (χ4v) is 3.15. The van der Waals surface area contributed by atoms with Gasteiger partial charge in [0.2, 0.25) is 11.8 Å². The van der Waals surface area contributed by atoms with Crippen LogP contribution >= 0.6 is 0 Å². The van der Waals surface area contributed by atoms with Gasteiger partial charge in [-0.25, -0.2) is 0 Å². The third kappa shape index (κ3) is 4.46. The first-order valence-electron chi connectivity index (χ1n) is 8.78. The van der Waals surface area contributed by atoms with Crippen LogP contribution in [0.5, 0.6) is 0 Å². The molecule has 3 rings (SSSR count). The lowest BCUT2D eigenvalue weighted by atomic mass is 10.1. The number of piperazine rings is 1. The van der Waals surface area contributed by atoms with Gasteiger partial charge in [-0.2, -0.15) is 0 Å². The summed E-state index contributed by atoms with van der Waals surface area (Å²) in [5.74, 6) is 0.357. The second kappa shape index (κ2) is 7.80. The molecule has 1 aromatic carbocycles. The van der Waals surface area contributed by atoms with Crippen molar-refractivity contribution < 1.29 is 9.32 Å². The average molecular weight is 342 g/mol. The third-order valence-electron chi connectivity index (χ3n) is 4.86. The molecule has 0 unspecified atom stereocenters. The van der Waals surface area contributed by atoms with Crippen LogP contribution in [0.3, 0.4) is 0 Å². The van der Waals surface area contributed by atoms with Crippen molar-refractivity contribution in [3.8, 4) is 0 Å². The van der Waals surface area contributed by atoms with Crippen LogP contribution < -0.4 is 5.32 Å². The Kier molecular flexibility index (Phi) is 5.50. The third-order valence-corrected chi connectivity index (χ3v) is 4.86. The van der Waals surface area contributed by atoms with Crippen LogP contribution in [0, 0.1) is 13.8 Å². The predicted octanol–water partition coefficient (Wildman–Crippen LogP) is 2.44. The molecule has 1 atom stereocenters. The first kappa shape index (κ1) is 17.6. The molecule has 6 heteroatoms. The zero-order chi connectivity index (χ0) is 17.8. The maximum absolute atomic E-state index is 12.4. The Morgan fingerprint density at radius 2 is 1.96 bits per heavy atom. The van der Waals surface area contributed by atoms with Crippen LogP contribution in [-0.2, 0) is 11.3 Å².